The van der Waals surface area contributed by atoms with Gasteiger partial charge >= 0.3 is 41.8 Å². The Hall–Kier alpha value is -3.95. The van der Waals surface area contributed by atoms with Gasteiger partial charge in [-0.2, -0.15) is 0 Å². The van der Waals surface area contributed by atoms with Gasteiger partial charge in [-0.25, -0.2) is 0 Å². The lowest BCUT2D eigenvalue weighted by Crippen LogP contribution is -2.65. The molecule has 2 aliphatic heterocycles. The molecule has 0 saturated carbocycles. The Balaban J connectivity index is 2.44. The standard InChI is InChI=1S/C69H122O20/c1-44(2)24-18-26-46(5)28-20-30-48(7)32-22-34-50(9)36-38-77-40-59(78-39-37-51(10)35-23-33-49(8)31-21-29-47(6)27-19-25-45(3)4)41-80-68-66(86-57(16)75)65(85-56(15)74)63(83-54(13)72)61(89-68)43-81-69-67(87-58(17)76)64(84-55(14)73)62(82-53(12)71)60(88-69)42-79-52(11)70/h44-51,59-69H,18-43H2,1-17H3/t46-,47-,48-,49-,50-,51-,59-,60-,61-,62+,63-,64+,65+,66-,67-,68-,69?/m1/s1/i11D,12D,14D,17D. The summed E-state index contributed by atoms with van der Waals surface area (Å²) < 4.78 is 108. The highest BCUT2D eigenvalue weighted by Gasteiger charge is 2.56. The molecule has 0 aromatic rings. The van der Waals surface area contributed by atoms with Crippen LogP contribution in [0.3, 0.4) is 0 Å². The second kappa shape index (κ2) is 45.4. The van der Waals surface area contributed by atoms with Gasteiger partial charge in [-0.05, 0) is 60.2 Å². The van der Waals surface area contributed by atoms with Gasteiger partial charge in [0, 0.05) is 67.1 Å². The molecular formula is C69H122O20. The first-order chi connectivity index (χ1) is 44.2. The zero-order valence-corrected chi connectivity index (χ0v) is 56.8. The van der Waals surface area contributed by atoms with E-state index >= 15 is 0 Å². The summed E-state index contributed by atoms with van der Waals surface area (Å²) in [6.45, 7) is 21.8. The van der Waals surface area contributed by atoms with Crippen LogP contribution in [-0.4, -0.2) is 149 Å². The van der Waals surface area contributed by atoms with Crippen LogP contribution < -0.4 is 0 Å². The minimum absolute atomic E-state index is 0.114. The van der Waals surface area contributed by atoms with Crippen molar-refractivity contribution >= 4 is 41.8 Å². The molecule has 0 aromatic carbocycles. The maximum atomic E-state index is 13.0. The van der Waals surface area contributed by atoms with E-state index < -0.39 is 150 Å². The predicted molar refractivity (Wildman–Crippen MR) is 337 cm³/mol. The van der Waals surface area contributed by atoms with Crippen LogP contribution in [0.25, 0.3) is 0 Å². The fraction of sp³-hybridized carbons (Fsp3) is 0.899. The highest BCUT2D eigenvalue weighted by atomic mass is 16.8. The molecule has 0 N–H and O–H groups in total. The Bertz CT molecular complexity index is 2090. The second-order valence-electron chi connectivity index (χ2n) is 26.7. The molecule has 17 atom stereocenters. The topological polar surface area (TPSA) is 239 Å². The first-order valence-electron chi connectivity index (χ1n) is 36.2. The number of ether oxygens (including phenoxy) is 13. The molecule has 2 heterocycles. The van der Waals surface area contributed by atoms with Crippen LogP contribution in [0.1, 0.15) is 252 Å². The van der Waals surface area contributed by atoms with E-state index in [4.69, 9.17) is 67.1 Å². The number of carbonyl (C=O) groups excluding carboxylic acids is 7. The zero-order valence-electron chi connectivity index (χ0n) is 60.8. The van der Waals surface area contributed by atoms with Crippen molar-refractivity contribution in [3.63, 3.8) is 0 Å². The summed E-state index contributed by atoms with van der Waals surface area (Å²) in [5.74, 6) is -2.16. The summed E-state index contributed by atoms with van der Waals surface area (Å²) in [6, 6.07) is 0. The molecule has 20 heteroatoms. The van der Waals surface area contributed by atoms with Gasteiger partial charge in [0.1, 0.15) is 24.9 Å². The van der Waals surface area contributed by atoms with Crippen LogP contribution in [0.5, 0.6) is 0 Å². The maximum Gasteiger partial charge on any atom is 0.303 e. The maximum absolute atomic E-state index is 13.0. The third-order valence-corrected chi connectivity index (χ3v) is 16.7. The van der Waals surface area contributed by atoms with E-state index in [1.54, 1.807) is 0 Å². The van der Waals surface area contributed by atoms with Gasteiger partial charge in [0.05, 0.1) is 19.8 Å². The van der Waals surface area contributed by atoms with E-state index in [-0.39, 0.29) is 13.2 Å². The number of hydrogen-bond donors (Lipinski definition) is 0. The Morgan fingerprint density at radius 3 is 1.09 bits per heavy atom. The van der Waals surface area contributed by atoms with Gasteiger partial charge in [0.15, 0.2) is 49.2 Å². The Labute approximate surface area is 541 Å². The molecule has 0 amide bonds. The van der Waals surface area contributed by atoms with E-state index in [9.17, 15) is 33.6 Å². The fourth-order valence-corrected chi connectivity index (χ4v) is 11.6. The quantitative estimate of drug-likeness (QED) is 0.0312. The molecular weight excluding hydrogens is 1150 g/mol. The molecule has 0 radical (unpaired) electrons. The molecule has 1 unspecified atom stereocenters. The summed E-state index contributed by atoms with van der Waals surface area (Å²) in [4.78, 5) is 89.5. The van der Waals surface area contributed by atoms with Gasteiger partial charge in [-0.15, -0.1) is 0 Å². The van der Waals surface area contributed by atoms with Crippen molar-refractivity contribution in [3.8, 4) is 0 Å². The van der Waals surface area contributed by atoms with Crippen molar-refractivity contribution in [3.05, 3.63) is 0 Å². The smallest absolute Gasteiger partial charge is 0.303 e. The van der Waals surface area contributed by atoms with Gasteiger partial charge in [-0.3, -0.25) is 33.6 Å². The normalized spacial score (nSPS) is 24.9. The SMILES string of the molecule is [2H]CC(=O)OC[C@H]1OC(OC[C@H]2O[C@@H](OC[C@@H](COCC[C@H](C)CCC[C@H](C)CCC[C@H](C)CCCC(C)C)OCC[C@H](C)CCC[C@H](C)CCC[C@H](C)CCCC(C)C)[C@H](OC(C)=O)[C@@H](OC(C)=O)[C@@H]2OC(C)=O)[C@H](OC(=O)C[2H])[C@@H](OC(=O)C[2H])[C@H]1OC(=O)C[2H]. The van der Waals surface area contributed by atoms with Crippen molar-refractivity contribution in [1.29, 1.82) is 0 Å². The molecule has 0 aromatic heterocycles. The number of esters is 7. The van der Waals surface area contributed by atoms with Gasteiger partial charge in [0.2, 0.25) is 0 Å². The minimum Gasteiger partial charge on any atom is -0.463 e. The second-order valence-corrected chi connectivity index (χ2v) is 26.7. The molecule has 0 aliphatic carbocycles. The van der Waals surface area contributed by atoms with E-state index in [0.29, 0.717) is 36.9 Å². The van der Waals surface area contributed by atoms with Gasteiger partial charge in [-0.1, -0.05) is 185 Å². The summed E-state index contributed by atoms with van der Waals surface area (Å²) in [6.07, 6.45) is 5.82. The van der Waals surface area contributed by atoms with Gasteiger partial charge < -0.3 is 61.6 Å². The van der Waals surface area contributed by atoms with Crippen LogP contribution in [-0.2, 0) is 95.1 Å². The average molecular weight is 1280 g/mol. The van der Waals surface area contributed by atoms with Crippen LogP contribution >= 0.6 is 0 Å². The number of carbonyl (C=O) groups is 7. The lowest BCUT2D eigenvalue weighted by molar-refractivity contribution is -0.336. The molecule has 0 spiro atoms. The molecule has 518 valence electrons. The van der Waals surface area contributed by atoms with Crippen LogP contribution in [0.4, 0.5) is 0 Å². The van der Waals surface area contributed by atoms with E-state index in [2.05, 4.69) is 69.2 Å². The summed E-state index contributed by atoms with van der Waals surface area (Å²) in [5, 5.41) is 0. The molecule has 0 bridgehead atoms. The summed E-state index contributed by atoms with van der Waals surface area (Å²) in [7, 11) is 0. The molecule has 2 saturated heterocycles. The Morgan fingerprint density at radius 1 is 0.360 bits per heavy atom. The van der Waals surface area contributed by atoms with Crippen LogP contribution in [0.2, 0.25) is 0 Å². The number of hydrogen-bond acceptors (Lipinski definition) is 20. The van der Waals surface area contributed by atoms with E-state index in [0.717, 1.165) is 89.4 Å². The molecule has 2 rings (SSSR count). The van der Waals surface area contributed by atoms with Crippen molar-refractivity contribution in [1.82, 2.24) is 0 Å². The third-order valence-electron chi connectivity index (χ3n) is 16.7. The van der Waals surface area contributed by atoms with Crippen molar-refractivity contribution in [2.75, 3.05) is 39.6 Å². The first kappa shape index (κ1) is 74.1. The van der Waals surface area contributed by atoms with Crippen molar-refractivity contribution in [2.45, 2.75) is 314 Å². The van der Waals surface area contributed by atoms with Gasteiger partial charge in [0.25, 0.3) is 0 Å². The third kappa shape index (κ3) is 36.8. The summed E-state index contributed by atoms with van der Waals surface area (Å²) in [5.41, 5.74) is 0. The number of rotatable bonds is 47. The minimum atomic E-state index is -1.91. The van der Waals surface area contributed by atoms with Crippen LogP contribution in [0.15, 0.2) is 0 Å². The average Bonchev–Trinajstić information content (AvgIpc) is 0.799. The van der Waals surface area contributed by atoms with E-state index in [1.807, 2.05) is 0 Å². The lowest BCUT2D eigenvalue weighted by Gasteiger charge is -2.46. The monoisotopic (exact) mass is 1270 g/mol. The molecule has 2 aliphatic rings. The highest BCUT2D eigenvalue weighted by Crippen LogP contribution is 2.34. The van der Waals surface area contributed by atoms with Crippen molar-refractivity contribution < 1.29 is 101 Å². The van der Waals surface area contributed by atoms with Crippen molar-refractivity contribution in [2.24, 2.45) is 47.3 Å². The molecule has 89 heavy (non-hydrogen) atoms. The fourth-order valence-electron chi connectivity index (χ4n) is 11.6. The highest BCUT2D eigenvalue weighted by molar-refractivity contribution is 5.69. The lowest BCUT2D eigenvalue weighted by atomic mass is 9.91. The largest absolute Gasteiger partial charge is 0.463 e. The molecule has 2 fully saturated rings. The van der Waals surface area contributed by atoms with Crippen LogP contribution in [0, 0.1) is 47.3 Å². The first-order valence-corrected chi connectivity index (χ1v) is 33.4. The van der Waals surface area contributed by atoms with E-state index in [1.165, 1.54) is 83.5 Å². The Kier molecular flexibility index (Phi) is 37.8. The summed E-state index contributed by atoms with van der Waals surface area (Å²) >= 11 is 0. The zero-order chi connectivity index (χ0) is 69.4. The predicted octanol–water partition coefficient (Wildman–Crippen LogP) is 13.0. The Morgan fingerprint density at radius 2 is 0.685 bits per heavy atom. The molecule has 20 nitrogen and oxygen atoms in total.